The summed E-state index contributed by atoms with van der Waals surface area (Å²) < 4.78 is 12.5. The standard InChI is InChI=1S/C54H32N4O2/c1-2-15-42-33(10-1)11-8-18-45(42)54-57-52(37-13-7-12-34(26-37)38-14-9-25-55-32-38)56-53(58-54)41-28-39(35-21-23-50-46(30-35)43-16-3-5-19-48(43)59-50)27-40(29-41)36-22-24-51-47(31-36)44-17-4-6-20-49(44)60-51/h1-32H. The molecule has 0 N–H and O–H groups in total. The van der Waals surface area contributed by atoms with Crippen LogP contribution in [-0.2, 0) is 0 Å². The zero-order chi connectivity index (χ0) is 39.6. The Hall–Kier alpha value is -8.22. The molecule has 280 valence electrons. The van der Waals surface area contributed by atoms with E-state index >= 15 is 0 Å². The van der Waals surface area contributed by atoms with Gasteiger partial charge in [-0.2, -0.15) is 0 Å². The summed E-state index contributed by atoms with van der Waals surface area (Å²) in [6.45, 7) is 0. The van der Waals surface area contributed by atoms with Crippen molar-refractivity contribution in [1.82, 2.24) is 19.9 Å². The van der Waals surface area contributed by atoms with Crippen LogP contribution >= 0.6 is 0 Å². The Balaban J connectivity index is 1.10. The molecule has 0 saturated heterocycles. The highest BCUT2D eigenvalue weighted by molar-refractivity contribution is 6.08. The highest BCUT2D eigenvalue weighted by Crippen LogP contribution is 2.39. The van der Waals surface area contributed by atoms with E-state index in [0.717, 1.165) is 105 Å². The fourth-order valence-corrected chi connectivity index (χ4v) is 8.45. The minimum absolute atomic E-state index is 0.572. The van der Waals surface area contributed by atoms with Gasteiger partial charge in [0.15, 0.2) is 17.5 Å². The Kier molecular flexibility index (Phi) is 7.74. The van der Waals surface area contributed by atoms with Crippen molar-refractivity contribution in [3.63, 3.8) is 0 Å². The summed E-state index contributed by atoms with van der Waals surface area (Å²) in [4.78, 5) is 20.2. The molecule has 0 fully saturated rings. The average molecular weight is 769 g/mol. The highest BCUT2D eigenvalue weighted by Gasteiger charge is 2.18. The molecule has 0 aliphatic rings. The number of pyridine rings is 1. The molecule has 4 aromatic heterocycles. The molecule has 12 rings (SSSR count). The zero-order valence-corrected chi connectivity index (χ0v) is 32.1. The van der Waals surface area contributed by atoms with E-state index in [4.69, 9.17) is 23.8 Å². The Morgan fingerprint density at radius 3 is 1.48 bits per heavy atom. The molecule has 8 aromatic carbocycles. The lowest BCUT2D eigenvalue weighted by Crippen LogP contribution is -2.01. The van der Waals surface area contributed by atoms with Crippen LogP contribution in [0, 0.1) is 0 Å². The van der Waals surface area contributed by atoms with Gasteiger partial charge in [0, 0.05) is 56.2 Å². The Morgan fingerprint density at radius 2 is 0.800 bits per heavy atom. The van der Waals surface area contributed by atoms with Crippen molar-refractivity contribution in [2.45, 2.75) is 0 Å². The molecule has 12 aromatic rings. The first kappa shape index (κ1) is 33.9. The Labute approximate surface area is 344 Å². The summed E-state index contributed by atoms with van der Waals surface area (Å²) in [6.07, 6.45) is 3.66. The van der Waals surface area contributed by atoms with Crippen LogP contribution < -0.4 is 0 Å². The largest absolute Gasteiger partial charge is 0.456 e. The van der Waals surface area contributed by atoms with E-state index in [0.29, 0.717) is 17.5 Å². The topological polar surface area (TPSA) is 77.8 Å². The van der Waals surface area contributed by atoms with E-state index in [1.54, 1.807) is 6.20 Å². The first-order chi connectivity index (χ1) is 29.7. The SMILES string of the molecule is c1cncc(-c2cccc(-c3nc(-c4cc(-c5ccc6oc7ccccc7c6c5)cc(-c5ccc6oc7ccccc7c6c5)c4)nc(-c4cccc5ccccc45)n3)c2)c1. The average Bonchev–Trinajstić information content (AvgIpc) is 3.89. The van der Waals surface area contributed by atoms with E-state index < -0.39 is 0 Å². The van der Waals surface area contributed by atoms with Gasteiger partial charge in [-0.05, 0) is 105 Å². The van der Waals surface area contributed by atoms with Gasteiger partial charge in [0.2, 0.25) is 0 Å². The van der Waals surface area contributed by atoms with Gasteiger partial charge in [0.1, 0.15) is 22.3 Å². The number of hydrogen-bond acceptors (Lipinski definition) is 6. The number of aromatic nitrogens is 4. The minimum Gasteiger partial charge on any atom is -0.456 e. The predicted octanol–water partition coefficient (Wildman–Crippen LogP) is 14.2. The second-order valence-electron chi connectivity index (χ2n) is 15.1. The molecular formula is C54H32N4O2. The molecule has 0 radical (unpaired) electrons. The van der Waals surface area contributed by atoms with Crippen molar-refractivity contribution in [3.8, 4) is 67.5 Å². The van der Waals surface area contributed by atoms with Crippen LogP contribution in [0.25, 0.3) is 122 Å². The third-order valence-corrected chi connectivity index (χ3v) is 11.4. The van der Waals surface area contributed by atoms with E-state index in [2.05, 4.69) is 151 Å². The summed E-state index contributed by atoms with van der Waals surface area (Å²) in [5, 5.41) is 6.48. The number of nitrogens with zero attached hydrogens (tertiary/aromatic N) is 4. The van der Waals surface area contributed by atoms with Crippen LogP contribution in [0.15, 0.2) is 203 Å². The number of furan rings is 2. The molecule has 4 heterocycles. The van der Waals surface area contributed by atoms with Crippen molar-refractivity contribution < 1.29 is 8.83 Å². The molecule has 0 aliphatic heterocycles. The maximum atomic E-state index is 6.24. The van der Waals surface area contributed by atoms with E-state index in [-0.39, 0.29) is 0 Å². The highest BCUT2D eigenvalue weighted by atomic mass is 16.3. The number of benzene rings is 8. The van der Waals surface area contributed by atoms with E-state index in [1.165, 1.54) is 0 Å². The lowest BCUT2D eigenvalue weighted by molar-refractivity contribution is 0.668. The summed E-state index contributed by atoms with van der Waals surface area (Å²) >= 11 is 0. The van der Waals surface area contributed by atoms with Crippen LogP contribution in [0.5, 0.6) is 0 Å². The van der Waals surface area contributed by atoms with Crippen molar-refractivity contribution in [1.29, 1.82) is 0 Å². The summed E-state index contributed by atoms with van der Waals surface area (Å²) in [5.74, 6) is 1.75. The first-order valence-corrected chi connectivity index (χ1v) is 19.9. The van der Waals surface area contributed by atoms with Crippen LogP contribution in [0.1, 0.15) is 0 Å². The molecule has 0 atom stereocenters. The monoisotopic (exact) mass is 768 g/mol. The lowest BCUT2D eigenvalue weighted by atomic mass is 9.94. The smallest absolute Gasteiger partial charge is 0.164 e. The summed E-state index contributed by atoms with van der Waals surface area (Å²) in [5.41, 5.74) is 12.3. The predicted molar refractivity (Wildman–Crippen MR) is 242 cm³/mol. The van der Waals surface area contributed by atoms with Gasteiger partial charge in [-0.1, -0.05) is 115 Å². The van der Waals surface area contributed by atoms with Gasteiger partial charge in [0.05, 0.1) is 0 Å². The van der Waals surface area contributed by atoms with Gasteiger partial charge >= 0.3 is 0 Å². The maximum absolute atomic E-state index is 6.24. The fourth-order valence-electron chi connectivity index (χ4n) is 8.45. The summed E-state index contributed by atoms with van der Waals surface area (Å²) in [6, 6.07) is 62.8. The Morgan fingerprint density at radius 1 is 0.300 bits per heavy atom. The quantitative estimate of drug-likeness (QED) is 0.168. The second-order valence-corrected chi connectivity index (χ2v) is 15.1. The Bertz CT molecular complexity index is 3490. The molecule has 6 heteroatoms. The number of rotatable bonds is 6. The van der Waals surface area contributed by atoms with Crippen LogP contribution in [-0.4, -0.2) is 19.9 Å². The third-order valence-electron chi connectivity index (χ3n) is 11.4. The molecule has 60 heavy (non-hydrogen) atoms. The molecule has 0 bridgehead atoms. The second kappa shape index (κ2) is 13.7. The maximum Gasteiger partial charge on any atom is 0.164 e. The van der Waals surface area contributed by atoms with Crippen LogP contribution in [0.4, 0.5) is 0 Å². The van der Waals surface area contributed by atoms with Crippen molar-refractivity contribution in [3.05, 3.63) is 194 Å². The molecular weight excluding hydrogens is 737 g/mol. The number of para-hydroxylation sites is 2. The van der Waals surface area contributed by atoms with E-state index in [9.17, 15) is 0 Å². The van der Waals surface area contributed by atoms with E-state index in [1.807, 2.05) is 42.6 Å². The zero-order valence-electron chi connectivity index (χ0n) is 32.1. The van der Waals surface area contributed by atoms with Crippen LogP contribution in [0.3, 0.4) is 0 Å². The minimum atomic E-state index is 0.572. The van der Waals surface area contributed by atoms with Crippen molar-refractivity contribution in [2.75, 3.05) is 0 Å². The normalized spacial score (nSPS) is 11.7. The molecule has 0 spiro atoms. The number of hydrogen-bond donors (Lipinski definition) is 0. The van der Waals surface area contributed by atoms with Gasteiger partial charge in [0.25, 0.3) is 0 Å². The molecule has 0 unspecified atom stereocenters. The number of fused-ring (bicyclic) bond motifs is 7. The fraction of sp³-hybridized carbons (Fsp3) is 0. The molecule has 0 aliphatic carbocycles. The molecule has 6 nitrogen and oxygen atoms in total. The van der Waals surface area contributed by atoms with Crippen molar-refractivity contribution >= 4 is 54.6 Å². The van der Waals surface area contributed by atoms with Crippen LogP contribution in [0.2, 0.25) is 0 Å². The van der Waals surface area contributed by atoms with Gasteiger partial charge in [-0.15, -0.1) is 0 Å². The summed E-state index contributed by atoms with van der Waals surface area (Å²) in [7, 11) is 0. The van der Waals surface area contributed by atoms with Gasteiger partial charge in [-0.3, -0.25) is 4.98 Å². The lowest BCUT2D eigenvalue weighted by Gasteiger charge is -2.14. The third kappa shape index (κ3) is 5.81. The molecule has 0 amide bonds. The van der Waals surface area contributed by atoms with Crippen molar-refractivity contribution in [2.24, 2.45) is 0 Å². The van der Waals surface area contributed by atoms with Gasteiger partial charge in [-0.25, -0.2) is 15.0 Å². The molecule has 0 saturated carbocycles. The van der Waals surface area contributed by atoms with Gasteiger partial charge < -0.3 is 8.83 Å². The first-order valence-electron chi connectivity index (χ1n) is 19.9.